The zero-order chi connectivity index (χ0) is 20.8. The lowest BCUT2D eigenvalue weighted by atomic mass is 9.93. The zero-order valence-corrected chi connectivity index (χ0v) is 17.6. The molecule has 158 valence electrons. The summed E-state index contributed by atoms with van der Waals surface area (Å²) in [6, 6.07) is 8.43. The van der Waals surface area contributed by atoms with Gasteiger partial charge in [0.2, 0.25) is 0 Å². The van der Waals surface area contributed by atoms with Crippen LogP contribution in [0, 0.1) is 5.92 Å². The van der Waals surface area contributed by atoms with Gasteiger partial charge in [-0.25, -0.2) is 14.6 Å². The predicted octanol–water partition coefficient (Wildman–Crippen LogP) is 3.27. The largest absolute Gasteiger partial charge is 0.480 e. The summed E-state index contributed by atoms with van der Waals surface area (Å²) in [4.78, 5) is 29.2. The molecule has 0 radical (unpaired) electrons. The van der Waals surface area contributed by atoms with Gasteiger partial charge in [0.05, 0.1) is 24.2 Å². The number of fused-ring (bicyclic) bond motifs is 1. The molecule has 1 N–H and O–H groups in total. The molecule has 1 fully saturated rings. The summed E-state index contributed by atoms with van der Waals surface area (Å²) in [5.74, 6) is -0.743. The van der Waals surface area contributed by atoms with Gasteiger partial charge in [0.1, 0.15) is 6.61 Å². The molecular formula is C20H27N3O5S. The smallest absolute Gasteiger partial charge is 0.409 e. The molecule has 0 unspecified atom stereocenters. The normalized spacial score (nSPS) is 19.4. The van der Waals surface area contributed by atoms with Crippen molar-refractivity contribution in [2.75, 3.05) is 39.2 Å². The number of benzene rings is 1. The first-order valence-corrected chi connectivity index (χ1v) is 11.0. The van der Waals surface area contributed by atoms with E-state index in [1.54, 1.807) is 16.7 Å². The third-order valence-electron chi connectivity index (χ3n) is 5.08. The van der Waals surface area contributed by atoms with Crippen LogP contribution in [0.4, 0.5) is 4.79 Å². The molecule has 1 aliphatic heterocycles. The third-order valence-corrected chi connectivity index (χ3v) is 5.73. The summed E-state index contributed by atoms with van der Waals surface area (Å²) >= 11 is 1.64. The zero-order valence-electron chi connectivity index (χ0n) is 16.7. The fraction of sp³-hybridized carbons (Fsp3) is 0.550. The van der Waals surface area contributed by atoms with Gasteiger partial charge in [-0.1, -0.05) is 30.8 Å². The van der Waals surface area contributed by atoms with Crippen LogP contribution in [0.3, 0.4) is 0 Å². The number of rotatable bonds is 8. The topological polar surface area (TPSA) is 93.9 Å². The van der Waals surface area contributed by atoms with Crippen LogP contribution in [0.1, 0.15) is 25.8 Å². The second-order valence-corrected chi connectivity index (χ2v) is 7.92. The summed E-state index contributed by atoms with van der Waals surface area (Å²) in [5.41, 5.74) is 2.13. The number of thioether (sulfide) groups is 1. The number of para-hydroxylation sites is 2. The van der Waals surface area contributed by atoms with Gasteiger partial charge in [0, 0.05) is 25.6 Å². The molecule has 1 aromatic carbocycles. The maximum absolute atomic E-state index is 12.4. The van der Waals surface area contributed by atoms with Gasteiger partial charge in [0.25, 0.3) is 0 Å². The average Bonchev–Trinajstić information content (AvgIpc) is 3.08. The first-order valence-electron chi connectivity index (χ1n) is 9.73. The Morgan fingerprint density at radius 3 is 2.83 bits per heavy atom. The minimum Gasteiger partial charge on any atom is -0.480 e. The fourth-order valence-corrected chi connectivity index (χ4v) is 4.36. The van der Waals surface area contributed by atoms with Gasteiger partial charge in [-0.3, -0.25) is 0 Å². The number of imidazole rings is 1. The Labute approximate surface area is 174 Å². The van der Waals surface area contributed by atoms with Gasteiger partial charge in [-0.2, -0.15) is 0 Å². The molecular weight excluding hydrogens is 394 g/mol. The average molecular weight is 422 g/mol. The van der Waals surface area contributed by atoms with E-state index < -0.39 is 5.97 Å². The maximum Gasteiger partial charge on any atom is 0.409 e. The van der Waals surface area contributed by atoms with E-state index in [0.29, 0.717) is 19.5 Å². The van der Waals surface area contributed by atoms with Crippen LogP contribution in [0.15, 0.2) is 29.4 Å². The summed E-state index contributed by atoms with van der Waals surface area (Å²) in [6.45, 7) is 3.55. The highest BCUT2D eigenvalue weighted by atomic mass is 32.2. The molecule has 0 saturated carbocycles. The van der Waals surface area contributed by atoms with E-state index in [2.05, 4.69) is 17.6 Å². The second kappa shape index (κ2) is 9.98. The molecule has 3 rings (SSSR count). The SMILES string of the molecule is CSc1nc2ccccc2n1[C@H]1CCN(C(=O)OCCCOCC(=O)O)C[C@@H]1C. The molecule has 1 aliphatic rings. The number of carbonyl (C=O) groups excluding carboxylic acids is 1. The Morgan fingerprint density at radius 1 is 1.31 bits per heavy atom. The van der Waals surface area contributed by atoms with Crippen LogP contribution in [-0.2, 0) is 14.3 Å². The first kappa shape index (κ1) is 21.4. The number of ether oxygens (including phenoxy) is 2. The number of carbonyl (C=O) groups is 2. The van der Waals surface area contributed by atoms with Gasteiger partial charge in [-0.05, 0) is 30.7 Å². The number of nitrogens with zero attached hydrogens (tertiary/aromatic N) is 3. The number of hydrogen-bond acceptors (Lipinski definition) is 6. The summed E-state index contributed by atoms with van der Waals surface area (Å²) in [7, 11) is 0. The molecule has 8 nitrogen and oxygen atoms in total. The molecule has 1 saturated heterocycles. The van der Waals surface area contributed by atoms with Gasteiger partial charge in [-0.15, -0.1) is 0 Å². The highest BCUT2D eigenvalue weighted by Crippen LogP contribution is 2.35. The Kier molecular flexibility index (Phi) is 7.38. The van der Waals surface area contributed by atoms with Crippen molar-refractivity contribution in [3.63, 3.8) is 0 Å². The van der Waals surface area contributed by atoms with E-state index in [1.807, 2.05) is 24.5 Å². The van der Waals surface area contributed by atoms with E-state index in [4.69, 9.17) is 19.6 Å². The lowest BCUT2D eigenvalue weighted by molar-refractivity contribution is -0.142. The van der Waals surface area contributed by atoms with Crippen molar-refractivity contribution in [1.82, 2.24) is 14.5 Å². The van der Waals surface area contributed by atoms with Gasteiger partial charge >= 0.3 is 12.1 Å². The lowest BCUT2D eigenvalue weighted by Crippen LogP contribution is -2.44. The Morgan fingerprint density at radius 2 is 2.10 bits per heavy atom. The second-order valence-electron chi connectivity index (χ2n) is 7.15. The van der Waals surface area contributed by atoms with Crippen LogP contribution in [0.25, 0.3) is 11.0 Å². The van der Waals surface area contributed by atoms with Crippen LogP contribution in [0.2, 0.25) is 0 Å². The van der Waals surface area contributed by atoms with E-state index >= 15 is 0 Å². The maximum atomic E-state index is 12.4. The minimum atomic E-state index is -1.01. The Balaban J connectivity index is 1.54. The molecule has 1 aromatic heterocycles. The molecule has 0 bridgehead atoms. The van der Waals surface area contributed by atoms with E-state index in [9.17, 15) is 9.59 Å². The van der Waals surface area contributed by atoms with Crippen molar-refractivity contribution in [3.05, 3.63) is 24.3 Å². The van der Waals surface area contributed by atoms with Crippen molar-refractivity contribution >= 4 is 34.9 Å². The van der Waals surface area contributed by atoms with Crippen molar-refractivity contribution in [2.45, 2.75) is 31.0 Å². The molecule has 29 heavy (non-hydrogen) atoms. The van der Waals surface area contributed by atoms with E-state index in [1.165, 1.54) is 0 Å². The number of piperidine rings is 1. The quantitative estimate of drug-likeness (QED) is 0.516. The molecule has 9 heteroatoms. The summed E-state index contributed by atoms with van der Waals surface area (Å²) in [6.07, 6.45) is 3.03. The fourth-order valence-electron chi connectivity index (χ4n) is 3.74. The van der Waals surface area contributed by atoms with Crippen LogP contribution < -0.4 is 0 Å². The molecule has 0 spiro atoms. The summed E-state index contributed by atoms with van der Waals surface area (Å²) in [5, 5.41) is 9.51. The van der Waals surface area contributed by atoms with Crippen LogP contribution in [0.5, 0.6) is 0 Å². The number of hydrogen-bond donors (Lipinski definition) is 1. The first-order chi connectivity index (χ1) is 14.0. The van der Waals surface area contributed by atoms with Crippen molar-refractivity contribution < 1.29 is 24.2 Å². The van der Waals surface area contributed by atoms with E-state index in [-0.39, 0.29) is 37.9 Å². The van der Waals surface area contributed by atoms with E-state index in [0.717, 1.165) is 22.6 Å². The number of carboxylic acids is 1. The molecule has 2 aromatic rings. The van der Waals surface area contributed by atoms with Crippen molar-refractivity contribution in [2.24, 2.45) is 5.92 Å². The number of aromatic nitrogens is 2. The monoisotopic (exact) mass is 421 g/mol. The van der Waals surface area contributed by atoms with Crippen molar-refractivity contribution in [1.29, 1.82) is 0 Å². The predicted molar refractivity (Wildman–Crippen MR) is 110 cm³/mol. The number of likely N-dealkylation sites (tertiary alicyclic amines) is 1. The number of carboxylic acid groups (broad SMARTS) is 1. The minimum absolute atomic E-state index is 0.218. The van der Waals surface area contributed by atoms with Gasteiger partial charge < -0.3 is 24.0 Å². The molecule has 2 atom stereocenters. The Hall–Kier alpha value is -2.26. The standard InChI is InChI=1S/C20H27N3O5S/c1-14-12-22(20(26)28-11-5-10-27-13-18(24)25)9-8-16(14)23-17-7-4-3-6-15(17)21-19(23)29-2/h3-4,6-7,14,16H,5,8-13H2,1-2H3,(H,24,25)/t14-,16-/m0/s1. The Bertz CT molecular complexity index is 856. The molecule has 2 heterocycles. The number of aliphatic carboxylic acids is 1. The van der Waals surface area contributed by atoms with Gasteiger partial charge in [0.15, 0.2) is 5.16 Å². The van der Waals surface area contributed by atoms with Crippen molar-refractivity contribution in [3.8, 4) is 0 Å². The lowest BCUT2D eigenvalue weighted by Gasteiger charge is -2.37. The highest BCUT2D eigenvalue weighted by molar-refractivity contribution is 7.98. The highest BCUT2D eigenvalue weighted by Gasteiger charge is 2.32. The molecule has 1 amide bonds. The molecule has 0 aliphatic carbocycles. The summed E-state index contributed by atoms with van der Waals surface area (Å²) < 4.78 is 12.6. The number of amides is 1. The van der Waals surface area contributed by atoms with Crippen LogP contribution >= 0.6 is 11.8 Å². The third kappa shape index (κ3) is 5.22. The van der Waals surface area contributed by atoms with Crippen LogP contribution in [-0.4, -0.2) is 70.8 Å².